The molecular weight excluding hydrogens is 334 g/mol. The number of benzene rings is 1. The number of thiazole rings is 1. The van der Waals surface area contributed by atoms with Gasteiger partial charge in [0.1, 0.15) is 0 Å². The van der Waals surface area contributed by atoms with Crippen molar-refractivity contribution in [2.45, 2.75) is 11.8 Å². The van der Waals surface area contributed by atoms with Gasteiger partial charge in [-0.15, -0.1) is 11.3 Å². The fraction of sp³-hybridized carbons (Fsp3) is 0.167. The van der Waals surface area contributed by atoms with Gasteiger partial charge in [-0.1, -0.05) is 11.6 Å². The number of rotatable bonds is 4. The lowest BCUT2D eigenvalue weighted by molar-refractivity contribution is 0.102. The molecule has 1 amide bonds. The Balaban J connectivity index is 2.34. The van der Waals surface area contributed by atoms with Crippen LogP contribution in [0.15, 0.2) is 28.5 Å². The second-order valence-electron chi connectivity index (χ2n) is 4.10. The lowest BCUT2D eigenvalue weighted by atomic mass is 10.2. The molecule has 0 aliphatic heterocycles. The highest BCUT2D eigenvalue weighted by Crippen LogP contribution is 2.22. The number of hydrogen-bond acceptors (Lipinski definition) is 5. The van der Waals surface area contributed by atoms with Crippen molar-refractivity contribution in [3.8, 4) is 0 Å². The van der Waals surface area contributed by atoms with Crippen molar-refractivity contribution in [1.29, 1.82) is 0 Å². The van der Waals surface area contributed by atoms with Crippen molar-refractivity contribution in [3.05, 3.63) is 39.9 Å². The first-order valence-electron chi connectivity index (χ1n) is 5.80. The molecule has 0 bridgehead atoms. The van der Waals surface area contributed by atoms with E-state index < -0.39 is 15.9 Å². The van der Waals surface area contributed by atoms with Crippen LogP contribution in [-0.4, -0.2) is 26.4 Å². The Morgan fingerprint density at radius 3 is 2.67 bits per heavy atom. The van der Waals surface area contributed by atoms with Crippen LogP contribution in [0.5, 0.6) is 0 Å². The number of nitrogens with zero attached hydrogens (tertiary/aromatic N) is 1. The van der Waals surface area contributed by atoms with Gasteiger partial charge in [-0.25, -0.2) is 18.1 Å². The zero-order valence-corrected chi connectivity index (χ0v) is 13.6. The molecule has 0 spiro atoms. The maximum absolute atomic E-state index is 12.2. The number of aryl methyl sites for hydroxylation is 1. The molecule has 0 aliphatic rings. The lowest BCUT2D eigenvalue weighted by Crippen LogP contribution is -2.20. The minimum absolute atomic E-state index is 0.0325. The molecule has 0 radical (unpaired) electrons. The summed E-state index contributed by atoms with van der Waals surface area (Å²) in [4.78, 5) is 16.2. The zero-order chi connectivity index (χ0) is 15.6. The molecule has 0 saturated carbocycles. The third-order valence-corrected chi connectivity index (χ3v) is 5.22. The van der Waals surface area contributed by atoms with Crippen molar-refractivity contribution in [2.24, 2.45) is 0 Å². The summed E-state index contributed by atoms with van der Waals surface area (Å²) in [6.07, 6.45) is 0. The summed E-state index contributed by atoms with van der Waals surface area (Å²) in [5.41, 5.74) is 0.855. The first-order valence-corrected chi connectivity index (χ1v) is 8.54. The molecule has 1 aromatic heterocycles. The molecule has 0 aliphatic carbocycles. The molecule has 0 saturated heterocycles. The maximum Gasteiger partial charge on any atom is 0.259 e. The van der Waals surface area contributed by atoms with Crippen LogP contribution < -0.4 is 10.0 Å². The third kappa shape index (κ3) is 3.59. The number of amides is 1. The number of sulfonamides is 1. The second kappa shape index (κ2) is 6.10. The topological polar surface area (TPSA) is 88.2 Å². The van der Waals surface area contributed by atoms with E-state index in [0.29, 0.717) is 5.13 Å². The number of carbonyl (C=O) groups is 1. The summed E-state index contributed by atoms with van der Waals surface area (Å²) in [7, 11) is -2.35. The number of nitrogens with one attached hydrogen (secondary N) is 2. The van der Waals surface area contributed by atoms with Gasteiger partial charge in [0.25, 0.3) is 5.91 Å². The second-order valence-corrected chi connectivity index (χ2v) is 7.25. The van der Waals surface area contributed by atoms with Crippen LogP contribution >= 0.6 is 22.9 Å². The summed E-state index contributed by atoms with van der Waals surface area (Å²) >= 11 is 7.24. The van der Waals surface area contributed by atoms with E-state index in [1.807, 2.05) is 0 Å². The number of carbonyl (C=O) groups excluding carboxylic acids is 1. The summed E-state index contributed by atoms with van der Waals surface area (Å²) in [6, 6.07) is 3.93. The molecule has 0 atom stereocenters. The number of hydrogen-bond donors (Lipinski definition) is 2. The molecule has 0 unspecified atom stereocenters. The highest BCUT2D eigenvalue weighted by atomic mass is 35.5. The average molecular weight is 346 g/mol. The smallest absolute Gasteiger partial charge is 0.259 e. The molecule has 112 valence electrons. The van der Waals surface area contributed by atoms with Crippen LogP contribution in [0.25, 0.3) is 0 Å². The standard InChI is InChI=1S/C12H12ClN3O3S2/c1-7-6-20-12(15-7)16-11(17)9-5-8(3-4-10(9)13)21(18,19)14-2/h3-6,14H,1-2H3,(H,15,16,17). The first-order chi connectivity index (χ1) is 9.83. The van der Waals surface area contributed by atoms with E-state index in [9.17, 15) is 13.2 Å². The van der Waals surface area contributed by atoms with Crippen LogP contribution in [0.4, 0.5) is 5.13 Å². The zero-order valence-electron chi connectivity index (χ0n) is 11.2. The number of anilines is 1. The van der Waals surface area contributed by atoms with Gasteiger partial charge in [-0.05, 0) is 32.2 Å². The van der Waals surface area contributed by atoms with Gasteiger partial charge in [-0.3, -0.25) is 10.1 Å². The first kappa shape index (κ1) is 15.9. The summed E-state index contributed by atoms with van der Waals surface area (Å²) in [5, 5.41) is 4.97. The van der Waals surface area contributed by atoms with Crippen LogP contribution in [-0.2, 0) is 10.0 Å². The Morgan fingerprint density at radius 2 is 2.10 bits per heavy atom. The Labute approximate surface area is 131 Å². The minimum Gasteiger partial charge on any atom is -0.298 e. The normalized spacial score (nSPS) is 11.4. The van der Waals surface area contributed by atoms with Crippen molar-refractivity contribution in [2.75, 3.05) is 12.4 Å². The van der Waals surface area contributed by atoms with E-state index in [0.717, 1.165) is 5.69 Å². The average Bonchev–Trinajstić information content (AvgIpc) is 2.84. The van der Waals surface area contributed by atoms with Crippen LogP contribution in [0.2, 0.25) is 5.02 Å². The van der Waals surface area contributed by atoms with Crippen LogP contribution in [0, 0.1) is 6.92 Å². The molecule has 2 rings (SSSR count). The molecule has 1 aromatic carbocycles. The third-order valence-electron chi connectivity index (χ3n) is 2.60. The highest BCUT2D eigenvalue weighted by molar-refractivity contribution is 7.89. The van der Waals surface area contributed by atoms with Gasteiger partial charge < -0.3 is 0 Å². The maximum atomic E-state index is 12.2. The van der Waals surface area contributed by atoms with E-state index in [1.54, 1.807) is 12.3 Å². The lowest BCUT2D eigenvalue weighted by Gasteiger charge is -2.07. The van der Waals surface area contributed by atoms with E-state index in [2.05, 4.69) is 15.0 Å². The largest absolute Gasteiger partial charge is 0.298 e. The fourth-order valence-corrected chi connectivity index (χ4v) is 3.18. The highest BCUT2D eigenvalue weighted by Gasteiger charge is 2.18. The van der Waals surface area contributed by atoms with Gasteiger partial charge in [0, 0.05) is 5.38 Å². The predicted octanol–water partition coefficient (Wildman–Crippen LogP) is 2.27. The van der Waals surface area contributed by atoms with Crippen LogP contribution in [0.1, 0.15) is 16.1 Å². The summed E-state index contributed by atoms with van der Waals surface area (Å²) in [5.74, 6) is -0.512. The summed E-state index contributed by atoms with van der Waals surface area (Å²) < 4.78 is 25.7. The molecular formula is C12H12ClN3O3S2. The number of halogens is 1. The molecule has 1 heterocycles. The molecule has 0 fully saturated rings. The SMILES string of the molecule is CNS(=O)(=O)c1ccc(Cl)c(C(=O)Nc2nc(C)cs2)c1. The van der Waals surface area contributed by atoms with E-state index in [-0.39, 0.29) is 15.5 Å². The van der Waals surface area contributed by atoms with Gasteiger partial charge in [0.15, 0.2) is 5.13 Å². The van der Waals surface area contributed by atoms with E-state index >= 15 is 0 Å². The summed E-state index contributed by atoms with van der Waals surface area (Å²) in [6.45, 7) is 1.80. The quantitative estimate of drug-likeness (QED) is 0.889. The van der Waals surface area contributed by atoms with Crippen molar-refractivity contribution >= 4 is 44.0 Å². The molecule has 21 heavy (non-hydrogen) atoms. The molecule has 6 nitrogen and oxygen atoms in total. The van der Waals surface area contributed by atoms with E-state index in [1.165, 1.54) is 36.6 Å². The number of aromatic nitrogens is 1. The van der Waals surface area contributed by atoms with Gasteiger partial charge >= 0.3 is 0 Å². The van der Waals surface area contributed by atoms with E-state index in [4.69, 9.17) is 11.6 Å². The van der Waals surface area contributed by atoms with Gasteiger partial charge in [0.05, 0.1) is 21.2 Å². The fourth-order valence-electron chi connectivity index (χ4n) is 1.54. The minimum atomic E-state index is -3.64. The molecule has 2 N–H and O–H groups in total. The van der Waals surface area contributed by atoms with Crippen molar-refractivity contribution < 1.29 is 13.2 Å². The van der Waals surface area contributed by atoms with Crippen molar-refractivity contribution in [3.63, 3.8) is 0 Å². The van der Waals surface area contributed by atoms with Crippen molar-refractivity contribution in [1.82, 2.24) is 9.71 Å². The monoisotopic (exact) mass is 345 g/mol. The Bertz CT molecular complexity index is 787. The Kier molecular flexibility index (Phi) is 4.62. The Morgan fingerprint density at radius 1 is 1.38 bits per heavy atom. The van der Waals surface area contributed by atoms with Gasteiger partial charge in [-0.2, -0.15) is 0 Å². The predicted molar refractivity (Wildman–Crippen MR) is 82.5 cm³/mol. The molecule has 2 aromatic rings. The van der Waals surface area contributed by atoms with Gasteiger partial charge in [0.2, 0.25) is 10.0 Å². The van der Waals surface area contributed by atoms with Crippen LogP contribution in [0.3, 0.4) is 0 Å². The Hall–Kier alpha value is -1.48. The molecule has 9 heteroatoms.